The molecule has 3 heterocycles. The van der Waals surface area contributed by atoms with E-state index >= 15 is 0 Å². The van der Waals surface area contributed by atoms with Crippen LogP contribution in [0.3, 0.4) is 0 Å². The van der Waals surface area contributed by atoms with Gasteiger partial charge in [-0.05, 0) is 96.6 Å². The average Bonchev–Trinajstić information content (AvgIpc) is 2.57. The molecule has 1 N–H and O–H groups in total. The summed E-state index contributed by atoms with van der Waals surface area (Å²) in [5.74, 6) is 2.98. The highest BCUT2D eigenvalue weighted by atomic mass is 15.5. The van der Waals surface area contributed by atoms with Crippen LogP contribution in [0, 0.1) is 17.8 Å². The van der Waals surface area contributed by atoms with Gasteiger partial charge in [0.05, 0.1) is 0 Å². The first-order valence-electron chi connectivity index (χ1n) is 9.58. The highest BCUT2D eigenvalue weighted by Crippen LogP contribution is 2.32. The first kappa shape index (κ1) is 16.7. The monoisotopic (exact) mass is 308 g/mol. The van der Waals surface area contributed by atoms with Crippen molar-refractivity contribution >= 4 is 0 Å². The SMILES string of the molecule is CNN1CCC(CN2CCC(C3CCN(C)CC3)CC2)CC1. The molecule has 128 valence electrons. The van der Waals surface area contributed by atoms with Crippen molar-refractivity contribution < 1.29 is 0 Å². The van der Waals surface area contributed by atoms with Crippen LogP contribution in [0.15, 0.2) is 0 Å². The molecule has 4 nitrogen and oxygen atoms in total. The van der Waals surface area contributed by atoms with Crippen LogP contribution >= 0.6 is 0 Å². The summed E-state index contributed by atoms with van der Waals surface area (Å²) in [6, 6.07) is 0. The maximum Gasteiger partial charge on any atom is 0.0134 e. The van der Waals surface area contributed by atoms with Crippen LogP contribution in [0.4, 0.5) is 0 Å². The van der Waals surface area contributed by atoms with Crippen LogP contribution in [0.1, 0.15) is 38.5 Å². The maximum absolute atomic E-state index is 3.29. The van der Waals surface area contributed by atoms with Crippen molar-refractivity contribution in [3.8, 4) is 0 Å². The van der Waals surface area contributed by atoms with Crippen molar-refractivity contribution in [3.63, 3.8) is 0 Å². The Kier molecular flexibility index (Phi) is 6.14. The number of hydrogen-bond donors (Lipinski definition) is 1. The van der Waals surface area contributed by atoms with Gasteiger partial charge in [-0.1, -0.05) is 0 Å². The topological polar surface area (TPSA) is 21.8 Å². The summed E-state index contributed by atoms with van der Waals surface area (Å²) in [7, 11) is 4.33. The number of likely N-dealkylation sites (tertiary alicyclic amines) is 2. The van der Waals surface area contributed by atoms with E-state index in [2.05, 4.69) is 27.3 Å². The highest BCUT2D eigenvalue weighted by Gasteiger charge is 2.29. The van der Waals surface area contributed by atoms with E-state index in [9.17, 15) is 0 Å². The fraction of sp³-hybridized carbons (Fsp3) is 1.00. The van der Waals surface area contributed by atoms with E-state index in [1.54, 1.807) is 0 Å². The van der Waals surface area contributed by atoms with Crippen molar-refractivity contribution in [3.05, 3.63) is 0 Å². The smallest absolute Gasteiger partial charge is 0.0134 e. The molecule has 0 unspecified atom stereocenters. The second-order valence-corrected chi connectivity index (χ2v) is 7.93. The number of hydrazine groups is 1. The normalized spacial score (nSPS) is 29.2. The lowest BCUT2D eigenvalue weighted by atomic mass is 9.78. The fourth-order valence-corrected chi connectivity index (χ4v) is 4.81. The van der Waals surface area contributed by atoms with Crippen LogP contribution in [0.2, 0.25) is 0 Å². The van der Waals surface area contributed by atoms with Crippen LogP contribution in [-0.4, -0.2) is 74.7 Å². The first-order chi connectivity index (χ1) is 10.7. The summed E-state index contributed by atoms with van der Waals surface area (Å²) in [4.78, 5) is 5.27. The van der Waals surface area contributed by atoms with Crippen molar-refractivity contribution in [2.75, 3.05) is 59.9 Å². The van der Waals surface area contributed by atoms with Gasteiger partial charge in [0, 0.05) is 19.6 Å². The number of rotatable bonds is 4. The zero-order chi connectivity index (χ0) is 15.4. The van der Waals surface area contributed by atoms with Crippen LogP contribution in [-0.2, 0) is 0 Å². The van der Waals surface area contributed by atoms with Crippen molar-refractivity contribution in [1.82, 2.24) is 20.2 Å². The van der Waals surface area contributed by atoms with Crippen molar-refractivity contribution in [2.45, 2.75) is 38.5 Å². The van der Waals surface area contributed by atoms with E-state index in [0.29, 0.717) is 0 Å². The number of piperidine rings is 3. The lowest BCUT2D eigenvalue weighted by molar-refractivity contribution is 0.0760. The Morgan fingerprint density at radius 1 is 0.773 bits per heavy atom. The molecule has 4 heteroatoms. The first-order valence-corrected chi connectivity index (χ1v) is 9.58. The van der Waals surface area contributed by atoms with Gasteiger partial charge in [-0.25, -0.2) is 5.01 Å². The van der Waals surface area contributed by atoms with E-state index in [1.807, 2.05) is 7.05 Å². The Morgan fingerprint density at radius 2 is 1.32 bits per heavy atom. The number of hydrogen-bond acceptors (Lipinski definition) is 4. The molecule has 3 aliphatic rings. The zero-order valence-corrected chi connectivity index (χ0v) is 14.8. The van der Waals surface area contributed by atoms with Gasteiger partial charge >= 0.3 is 0 Å². The molecule has 0 amide bonds. The summed E-state index contributed by atoms with van der Waals surface area (Å²) in [5, 5.41) is 2.36. The lowest BCUT2D eigenvalue weighted by Crippen LogP contribution is -2.45. The third kappa shape index (κ3) is 4.44. The molecule has 3 aliphatic heterocycles. The fourth-order valence-electron chi connectivity index (χ4n) is 4.81. The minimum absolute atomic E-state index is 0.935. The van der Waals surface area contributed by atoms with E-state index in [0.717, 1.165) is 17.8 Å². The number of nitrogens with zero attached hydrogens (tertiary/aromatic N) is 3. The lowest BCUT2D eigenvalue weighted by Gasteiger charge is -2.41. The van der Waals surface area contributed by atoms with Gasteiger partial charge in [-0.15, -0.1) is 0 Å². The molecule has 3 rings (SSSR count). The van der Waals surface area contributed by atoms with Crippen molar-refractivity contribution in [2.24, 2.45) is 17.8 Å². The van der Waals surface area contributed by atoms with Crippen LogP contribution in [0.25, 0.3) is 0 Å². The van der Waals surface area contributed by atoms with Crippen molar-refractivity contribution in [1.29, 1.82) is 0 Å². The van der Waals surface area contributed by atoms with E-state index in [1.165, 1.54) is 84.3 Å². The maximum atomic E-state index is 3.29. The van der Waals surface area contributed by atoms with Crippen LogP contribution in [0.5, 0.6) is 0 Å². The molecular formula is C18H36N4. The highest BCUT2D eigenvalue weighted by molar-refractivity contribution is 4.83. The molecule has 0 radical (unpaired) electrons. The molecule has 3 saturated heterocycles. The molecule has 0 bridgehead atoms. The predicted octanol–water partition coefficient (Wildman–Crippen LogP) is 1.89. The van der Waals surface area contributed by atoms with Crippen LogP contribution < -0.4 is 5.43 Å². The molecule has 22 heavy (non-hydrogen) atoms. The summed E-state index contributed by atoms with van der Waals surface area (Å²) < 4.78 is 0. The summed E-state index contributed by atoms with van der Waals surface area (Å²) >= 11 is 0. The third-order valence-corrected chi connectivity index (χ3v) is 6.51. The predicted molar refractivity (Wildman–Crippen MR) is 92.7 cm³/mol. The second kappa shape index (κ2) is 8.09. The molecule has 0 saturated carbocycles. The molecule has 0 atom stereocenters. The molecule has 0 spiro atoms. The van der Waals surface area contributed by atoms with E-state index in [-0.39, 0.29) is 0 Å². The Morgan fingerprint density at radius 3 is 1.86 bits per heavy atom. The third-order valence-electron chi connectivity index (χ3n) is 6.51. The van der Waals surface area contributed by atoms with E-state index < -0.39 is 0 Å². The molecule has 0 aromatic carbocycles. The molecular weight excluding hydrogens is 272 g/mol. The Labute approximate surface area is 137 Å². The Balaban J connectivity index is 1.35. The zero-order valence-electron chi connectivity index (χ0n) is 14.8. The molecule has 0 aromatic heterocycles. The molecule has 3 fully saturated rings. The van der Waals surface area contributed by atoms with Gasteiger partial charge in [0.15, 0.2) is 0 Å². The Bertz CT molecular complexity index is 311. The number of nitrogens with one attached hydrogen (secondary N) is 1. The van der Waals surface area contributed by atoms with Gasteiger partial charge in [-0.3, -0.25) is 5.43 Å². The molecule has 0 aliphatic carbocycles. The summed E-state index contributed by atoms with van der Waals surface area (Å²) in [6.07, 6.45) is 8.56. The summed E-state index contributed by atoms with van der Waals surface area (Å²) in [6.45, 7) is 9.20. The van der Waals surface area contributed by atoms with Gasteiger partial charge in [0.2, 0.25) is 0 Å². The van der Waals surface area contributed by atoms with Gasteiger partial charge in [0.25, 0.3) is 0 Å². The largest absolute Gasteiger partial charge is 0.306 e. The van der Waals surface area contributed by atoms with Gasteiger partial charge in [-0.2, -0.15) is 0 Å². The Hall–Kier alpha value is -0.160. The standard InChI is InChI=1S/C18H36N4/c1-19-22-13-3-16(4-14-22)15-21-11-7-18(8-12-21)17-5-9-20(2)10-6-17/h16-19H,3-15H2,1-2H3. The van der Waals surface area contributed by atoms with E-state index in [4.69, 9.17) is 0 Å². The minimum Gasteiger partial charge on any atom is -0.306 e. The molecule has 0 aromatic rings. The average molecular weight is 309 g/mol. The summed E-state index contributed by atoms with van der Waals surface area (Å²) in [5.41, 5.74) is 3.29. The van der Waals surface area contributed by atoms with Gasteiger partial charge < -0.3 is 9.80 Å². The quantitative estimate of drug-likeness (QED) is 0.856. The van der Waals surface area contributed by atoms with Gasteiger partial charge in [0.1, 0.15) is 0 Å². The minimum atomic E-state index is 0.935. The second-order valence-electron chi connectivity index (χ2n) is 7.93.